The van der Waals surface area contributed by atoms with Crippen molar-refractivity contribution in [1.82, 2.24) is 10.3 Å². The highest BCUT2D eigenvalue weighted by atomic mass is 35.5. The van der Waals surface area contributed by atoms with Crippen LogP contribution in [0, 0.1) is 0 Å². The first-order valence-electron chi connectivity index (χ1n) is 16.1. The van der Waals surface area contributed by atoms with Crippen LogP contribution in [-0.4, -0.2) is 92.8 Å². The number of aliphatic hydroxyl groups is 5. The fourth-order valence-electron chi connectivity index (χ4n) is 5.36. The van der Waals surface area contributed by atoms with Crippen molar-refractivity contribution < 1.29 is 44.5 Å². The van der Waals surface area contributed by atoms with Crippen LogP contribution in [0.5, 0.6) is 5.75 Å². The lowest BCUT2D eigenvalue weighted by Gasteiger charge is -2.26. The minimum absolute atomic E-state index is 0.145. The predicted octanol–water partition coefficient (Wildman–Crippen LogP) is 3.30. The summed E-state index contributed by atoms with van der Waals surface area (Å²) in [4.78, 5) is 16.8. The number of rotatable bonds is 18. The van der Waals surface area contributed by atoms with E-state index in [2.05, 4.69) is 16.4 Å². The van der Waals surface area contributed by atoms with E-state index >= 15 is 0 Å². The summed E-state index contributed by atoms with van der Waals surface area (Å²) in [7, 11) is 0. The fraction of sp³-hybridized carbons (Fsp3) is 0.486. The van der Waals surface area contributed by atoms with Crippen molar-refractivity contribution in [3.05, 3.63) is 81.6 Å². The number of carbonyl (C=O) groups is 1. The second-order valence-corrected chi connectivity index (χ2v) is 13.2. The minimum Gasteiger partial charge on any atom is -0.490 e. The first-order valence-corrected chi connectivity index (χ1v) is 16.8. The van der Waals surface area contributed by atoms with E-state index in [0.717, 1.165) is 59.3 Å². The van der Waals surface area contributed by atoms with E-state index in [0.29, 0.717) is 16.5 Å². The molecule has 13 heteroatoms. The molecule has 2 aliphatic carbocycles. The Morgan fingerprint density at radius 1 is 1.00 bits per heavy atom. The number of para-hydroxylation sites is 1. The minimum atomic E-state index is -1.78. The Morgan fingerprint density at radius 2 is 1.69 bits per heavy atom. The van der Waals surface area contributed by atoms with E-state index in [9.17, 15) is 25.2 Å². The van der Waals surface area contributed by atoms with Crippen molar-refractivity contribution in [2.75, 3.05) is 19.8 Å². The molecule has 2 aliphatic rings. The normalized spacial score (nSPS) is 18.4. The molecule has 5 rings (SSSR count). The van der Waals surface area contributed by atoms with Crippen molar-refractivity contribution in [2.45, 2.75) is 87.9 Å². The Bertz CT molecular complexity index is 1550. The lowest BCUT2D eigenvalue weighted by Crippen LogP contribution is -2.50. The molecule has 0 aliphatic heterocycles. The number of ether oxygens (including phenoxy) is 3. The van der Waals surface area contributed by atoms with Gasteiger partial charge in [-0.05, 0) is 80.0 Å². The molecule has 5 atom stereocenters. The summed E-state index contributed by atoms with van der Waals surface area (Å²) in [6.45, 7) is 0.717. The number of aliphatic hydroxyl groups excluding tert-OH is 5. The van der Waals surface area contributed by atoms with Crippen LogP contribution in [-0.2, 0) is 32.9 Å². The Morgan fingerprint density at radius 3 is 2.40 bits per heavy atom. The molecule has 1 amide bonds. The highest BCUT2D eigenvalue weighted by molar-refractivity contribution is 6.34. The largest absolute Gasteiger partial charge is 0.490 e. The molecule has 0 bridgehead atoms. The zero-order valence-electron chi connectivity index (χ0n) is 26.6. The Balaban J connectivity index is 1.14. The number of benzene rings is 2. The van der Waals surface area contributed by atoms with Gasteiger partial charge in [-0.3, -0.25) is 9.78 Å². The van der Waals surface area contributed by atoms with Crippen molar-refractivity contribution in [3.63, 3.8) is 0 Å². The summed E-state index contributed by atoms with van der Waals surface area (Å²) in [5.74, 6) is 0.304. The van der Waals surface area contributed by atoms with E-state index in [1.807, 2.05) is 30.5 Å². The van der Waals surface area contributed by atoms with E-state index < -0.39 is 55.2 Å². The van der Waals surface area contributed by atoms with Crippen LogP contribution in [0.3, 0.4) is 0 Å². The number of hydrogen-bond donors (Lipinski definition) is 6. The van der Waals surface area contributed by atoms with Crippen LogP contribution in [0.1, 0.15) is 49.3 Å². The molecule has 0 saturated heterocycles. The van der Waals surface area contributed by atoms with E-state index in [1.54, 1.807) is 18.3 Å². The van der Waals surface area contributed by atoms with E-state index in [4.69, 9.17) is 42.5 Å². The van der Waals surface area contributed by atoms with Crippen LogP contribution in [0.2, 0.25) is 10.0 Å². The summed E-state index contributed by atoms with van der Waals surface area (Å²) in [5, 5.41) is 51.3. The molecular weight excluding hydrogens is 663 g/mol. The lowest BCUT2D eigenvalue weighted by atomic mass is 9.96. The fourth-order valence-corrected chi connectivity index (χ4v) is 5.88. The molecule has 1 heterocycles. The Labute approximate surface area is 289 Å². The van der Waals surface area contributed by atoms with Gasteiger partial charge in [-0.15, -0.1) is 0 Å². The third-order valence-electron chi connectivity index (χ3n) is 8.65. The number of carbonyl (C=O) groups excluding carboxylic acids is 1. The molecule has 0 radical (unpaired) electrons. The van der Waals surface area contributed by atoms with E-state index in [1.165, 1.54) is 6.92 Å². The number of hydrogen-bond acceptors (Lipinski definition) is 10. The molecule has 2 aromatic carbocycles. The summed E-state index contributed by atoms with van der Waals surface area (Å²) >= 11 is 13.3. The maximum atomic E-state index is 12.4. The van der Waals surface area contributed by atoms with Crippen LogP contribution < -0.4 is 10.1 Å². The van der Waals surface area contributed by atoms with Crippen LogP contribution in [0.25, 0.3) is 11.1 Å². The second-order valence-electron chi connectivity index (χ2n) is 12.4. The third-order valence-corrected chi connectivity index (χ3v) is 9.35. The number of pyridine rings is 1. The standard InChI is InChI=1S/C35H42Cl2N2O9/c1-20(34(45)39-17-29(41)32(43)33(44)30(42)18-40)46-13-9-21-14-28(37)22(15-27(21)36)19-47-35(10-11-35)26-16-38-12-8-24(26)25-4-2-3-5-31(25)48-23-6-7-23/h2-5,8,12,14-16,20,23,29-30,32-33,40-44H,6-7,9-11,13,17-19H2,1H3,(H,39,45)/t20?,29-,30+,32+,33+/m0/s1. The monoisotopic (exact) mass is 704 g/mol. The molecule has 0 spiro atoms. The van der Waals surface area contributed by atoms with Gasteiger partial charge in [0.05, 0.1) is 37.6 Å². The van der Waals surface area contributed by atoms with Crippen LogP contribution >= 0.6 is 23.2 Å². The lowest BCUT2D eigenvalue weighted by molar-refractivity contribution is -0.134. The SMILES string of the molecule is CC(OCCc1cc(Cl)c(COC2(c3cnccc3-c3ccccc3OC3CC3)CC2)cc1Cl)C(=O)NC[C@H](O)[C@@H](O)[C@H](O)[C@H](O)CO. The summed E-state index contributed by atoms with van der Waals surface area (Å²) in [5.41, 5.74) is 4.04. The molecule has 2 saturated carbocycles. The highest BCUT2D eigenvalue weighted by Gasteiger charge is 2.48. The number of nitrogens with one attached hydrogen (secondary N) is 1. The van der Waals surface area contributed by atoms with Gasteiger partial charge in [0, 0.05) is 40.1 Å². The second kappa shape index (κ2) is 16.2. The number of halogens is 2. The molecule has 2 fully saturated rings. The van der Waals surface area contributed by atoms with Crippen molar-refractivity contribution in [2.24, 2.45) is 0 Å². The van der Waals surface area contributed by atoms with Gasteiger partial charge in [0.25, 0.3) is 0 Å². The molecule has 6 N–H and O–H groups in total. The molecular formula is C35H42Cl2N2O9. The number of aromatic nitrogens is 1. The van der Waals surface area contributed by atoms with Crippen LogP contribution in [0.15, 0.2) is 54.9 Å². The van der Waals surface area contributed by atoms with Crippen molar-refractivity contribution in [1.29, 1.82) is 0 Å². The predicted molar refractivity (Wildman–Crippen MR) is 179 cm³/mol. The van der Waals surface area contributed by atoms with Gasteiger partial charge in [-0.1, -0.05) is 41.4 Å². The Hall–Kier alpha value is -2.84. The maximum absolute atomic E-state index is 12.4. The van der Waals surface area contributed by atoms with Gasteiger partial charge in [0.2, 0.25) is 5.91 Å². The molecule has 1 aromatic heterocycles. The van der Waals surface area contributed by atoms with Gasteiger partial charge in [0.15, 0.2) is 0 Å². The average molecular weight is 706 g/mol. The third kappa shape index (κ3) is 9.03. The highest BCUT2D eigenvalue weighted by Crippen LogP contribution is 2.53. The first kappa shape index (κ1) is 36.4. The van der Waals surface area contributed by atoms with Gasteiger partial charge < -0.3 is 45.1 Å². The van der Waals surface area contributed by atoms with Crippen molar-refractivity contribution >= 4 is 29.1 Å². The molecule has 3 aromatic rings. The molecule has 48 heavy (non-hydrogen) atoms. The summed E-state index contributed by atoms with van der Waals surface area (Å²) in [6.07, 6.45) is 0.460. The summed E-state index contributed by atoms with van der Waals surface area (Å²) in [6, 6.07) is 13.6. The zero-order valence-corrected chi connectivity index (χ0v) is 28.1. The topological polar surface area (TPSA) is 171 Å². The Kier molecular flexibility index (Phi) is 12.3. The first-order chi connectivity index (χ1) is 23.0. The van der Waals surface area contributed by atoms with Gasteiger partial charge in [0.1, 0.15) is 30.2 Å². The molecule has 11 nitrogen and oxygen atoms in total. The van der Waals surface area contributed by atoms with Gasteiger partial charge >= 0.3 is 0 Å². The maximum Gasteiger partial charge on any atom is 0.248 e. The number of amides is 1. The molecule has 260 valence electrons. The quantitative estimate of drug-likeness (QED) is 0.115. The van der Waals surface area contributed by atoms with Crippen LogP contribution in [0.4, 0.5) is 0 Å². The van der Waals surface area contributed by atoms with Crippen molar-refractivity contribution in [3.8, 4) is 16.9 Å². The summed E-state index contributed by atoms with van der Waals surface area (Å²) < 4.78 is 18.4. The zero-order chi connectivity index (χ0) is 34.4. The smallest absolute Gasteiger partial charge is 0.248 e. The van der Waals surface area contributed by atoms with E-state index in [-0.39, 0.29) is 19.3 Å². The van der Waals surface area contributed by atoms with Gasteiger partial charge in [-0.2, -0.15) is 0 Å². The number of nitrogens with zero attached hydrogens (tertiary/aromatic N) is 1. The molecule has 1 unspecified atom stereocenters. The van der Waals surface area contributed by atoms with Gasteiger partial charge in [-0.25, -0.2) is 0 Å². The average Bonchev–Trinajstić information content (AvgIpc) is 4.04.